The zero-order valence-electron chi connectivity index (χ0n) is 11.8. The summed E-state index contributed by atoms with van der Waals surface area (Å²) in [6, 6.07) is 4.00. The van der Waals surface area contributed by atoms with Crippen molar-refractivity contribution in [3.8, 4) is 0 Å². The van der Waals surface area contributed by atoms with Crippen molar-refractivity contribution < 1.29 is 14.3 Å². The fourth-order valence-corrected chi connectivity index (χ4v) is 4.72. The lowest BCUT2D eigenvalue weighted by Gasteiger charge is -2.31. The van der Waals surface area contributed by atoms with E-state index in [9.17, 15) is 9.59 Å². The molecule has 1 atom stereocenters. The van der Waals surface area contributed by atoms with Crippen molar-refractivity contribution in [3.05, 3.63) is 22.4 Å². The van der Waals surface area contributed by atoms with Gasteiger partial charge in [0, 0.05) is 22.5 Å². The van der Waals surface area contributed by atoms with Crippen LogP contribution in [0.2, 0.25) is 0 Å². The number of amides is 1. The van der Waals surface area contributed by atoms with Crippen LogP contribution in [0, 0.1) is 5.92 Å². The lowest BCUT2D eigenvalue weighted by Crippen LogP contribution is -2.42. The van der Waals surface area contributed by atoms with E-state index < -0.39 is 0 Å². The molecule has 0 aliphatic carbocycles. The number of thiophene rings is 2. The monoisotopic (exact) mass is 323 g/mol. The summed E-state index contributed by atoms with van der Waals surface area (Å²) < 4.78 is 7.39. The summed E-state index contributed by atoms with van der Waals surface area (Å²) in [6.07, 6.45) is 1.66. The van der Waals surface area contributed by atoms with Gasteiger partial charge in [-0.3, -0.25) is 9.59 Å². The van der Waals surface area contributed by atoms with Crippen molar-refractivity contribution in [1.29, 1.82) is 0 Å². The molecular formula is C15H17NO3S2. The summed E-state index contributed by atoms with van der Waals surface area (Å²) in [6.45, 7) is 3.40. The maximum Gasteiger partial charge on any atom is 0.310 e. The number of rotatable bonds is 3. The normalized spacial score (nSPS) is 18.9. The second-order valence-electron chi connectivity index (χ2n) is 5.10. The predicted octanol–water partition coefficient (Wildman–Crippen LogP) is 3.38. The van der Waals surface area contributed by atoms with Crippen molar-refractivity contribution in [2.75, 3.05) is 19.7 Å². The van der Waals surface area contributed by atoms with Crippen LogP contribution in [-0.2, 0) is 9.53 Å². The molecule has 1 saturated heterocycles. The maximum absolute atomic E-state index is 12.6. The highest BCUT2D eigenvalue weighted by Crippen LogP contribution is 2.31. The van der Waals surface area contributed by atoms with E-state index >= 15 is 0 Å². The maximum atomic E-state index is 12.6. The van der Waals surface area contributed by atoms with Gasteiger partial charge in [0.1, 0.15) is 0 Å². The molecule has 112 valence electrons. The number of hydrogen-bond donors (Lipinski definition) is 0. The highest BCUT2D eigenvalue weighted by Gasteiger charge is 2.30. The van der Waals surface area contributed by atoms with E-state index in [2.05, 4.69) is 0 Å². The number of carbonyl (C=O) groups excluding carboxylic acids is 2. The fraction of sp³-hybridized carbons (Fsp3) is 0.467. The van der Waals surface area contributed by atoms with Gasteiger partial charge in [0.15, 0.2) is 0 Å². The van der Waals surface area contributed by atoms with E-state index in [0.29, 0.717) is 13.2 Å². The molecule has 0 bridgehead atoms. The van der Waals surface area contributed by atoms with Gasteiger partial charge in [-0.1, -0.05) is 0 Å². The average molecular weight is 323 g/mol. The Labute approximate surface area is 131 Å². The Morgan fingerprint density at radius 3 is 3.05 bits per heavy atom. The third-order valence-electron chi connectivity index (χ3n) is 3.68. The largest absolute Gasteiger partial charge is 0.466 e. The lowest BCUT2D eigenvalue weighted by atomic mass is 9.98. The lowest BCUT2D eigenvalue weighted by molar-refractivity contribution is -0.149. The molecule has 2 aromatic heterocycles. The van der Waals surface area contributed by atoms with Crippen molar-refractivity contribution in [2.45, 2.75) is 19.8 Å². The topological polar surface area (TPSA) is 46.6 Å². The third-order valence-corrected chi connectivity index (χ3v) is 5.76. The quantitative estimate of drug-likeness (QED) is 0.814. The molecule has 1 fully saturated rings. The first kappa shape index (κ1) is 14.5. The molecule has 0 radical (unpaired) electrons. The molecule has 4 nitrogen and oxygen atoms in total. The first-order chi connectivity index (χ1) is 10.2. The first-order valence-electron chi connectivity index (χ1n) is 7.12. The van der Waals surface area contributed by atoms with Crippen LogP contribution in [0.3, 0.4) is 0 Å². The minimum Gasteiger partial charge on any atom is -0.466 e. The van der Waals surface area contributed by atoms with Gasteiger partial charge >= 0.3 is 5.97 Å². The van der Waals surface area contributed by atoms with E-state index in [-0.39, 0.29) is 17.8 Å². The van der Waals surface area contributed by atoms with Crippen molar-refractivity contribution in [2.24, 2.45) is 5.92 Å². The Balaban J connectivity index is 1.72. The molecule has 0 N–H and O–H groups in total. The van der Waals surface area contributed by atoms with Crippen molar-refractivity contribution in [3.63, 3.8) is 0 Å². The van der Waals surface area contributed by atoms with Crippen molar-refractivity contribution >= 4 is 43.9 Å². The number of carbonyl (C=O) groups is 2. The summed E-state index contributed by atoms with van der Waals surface area (Å²) >= 11 is 3.18. The molecule has 0 aromatic carbocycles. The molecule has 2 aromatic rings. The van der Waals surface area contributed by atoms with E-state index in [0.717, 1.165) is 33.7 Å². The molecular weight excluding hydrogens is 306 g/mol. The standard InChI is InChI=1S/C15H17NO3S2/c1-2-19-15(18)10-4-3-6-16(9-10)14(17)13-8-12-11(21-13)5-7-20-12/h5,7-8,10H,2-4,6,9H2,1H3/t10-/m0/s1. The molecule has 3 rings (SSSR count). The molecule has 1 aliphatic rings. The molecule has 1 aliphatic heterocycles. The van der Waals surface area contributed by atoms with E-state index in [1.165, 1.54) is 11.3 Å². The number of likely N-dealkylation sites (tertiary alicyclic amines) is 1. The van der Waals surface area contributed by atoms with Crippen LogP contribution in [0.5, 0.6) is 0 Å². The Kier molecular flexibility index (Phi) is 4.26. The van der Waals surface area contributed by atoms with Gasteiger partial charge in [-0.15, -0.1) is 22.7 Å². The number of fused-ring (bicyclic) bond motifs is 1. The summed E-state index contributed by atoms with van der Waals surface area (Å²) in [4.78, 5) is 27.0. The average Bonchev–Trinajstić information content (AvgIpc) is 3.08. The van der Waals surface area contributed by atoms with Gasteiger partial charge in [-0.2, -0.15) is 0 Å². The van der Waals surface area contributed by atoms with Crippen LogP contribution in [0.15, 0.2) is 17.5 Å². The number of piperidine rings is 1. The molecule has 6 heteroatoms. The summed E-state index contributed by atoms with van der Waals surface area (Å²) in [5, 5.41) is 2.03. The summed E-state index contributed by atoms with van der Waals surface area (Å²) in [5.41, 5.74) is 0. The highest BCUT2D eigenvalue weighted by molar-refractivity contribution is 7.27. The third kappa shape index (κ3) is 2.96. The summed E-state index contributed by atoms with van der Waals surface area (Å²) in [7, 11) is 0. The highest BCUT2D eigenvalue weighted by atomic mass is 32.1. The van der Waals surface area contributed by atoms with Gasteiger partial charge in [0.2, 0.25) is 0 Å². The Morgan fingerprint density at radius 1 is 1.43 bits per heavy atom. The Morgan fingerprint density at radius 2 is 2.29 bits per heavy atom. The van der Waals surface area contributed by atoms with E-state index in [4.69, 9.17) is 4.74 Å². The molecule has 0 saturated carbocycles. The second kappa shape index (κ2) is 6.15. The fourth-order valence-electron chi connectivity index (χ4n) is 2.64. The van der Waals surface area contributed by atoms with Gasteiger partial charge in [-0.25, -0.2) is 0 Å². The zero-order chi connectivity index (χ0) is 14.8. The van der Waals surface area contributed by atoms with Gasteiger partial charge in [0.05, 0.1) is 17.4 Å². The van der Waals surface area contributed by atoms with Crippen LogP contribution in [-0.4, -0.2) is 36.5 Å². The smallest absolute Gasteiger partial charge is 0.310 e. The van der Waals surface area contributed by atoms with Crippen LogP contribution >= 0.6 is 22.7 Å². The van der Waals surface area contributed by atoms with Gasteiger partial charge < -0.3 is 9.64 Å². The number of ether oxygens (including phenoxy) is 1. The Hall–Kier alpha value is -1.40. The Bertz CT molecular complexity index is 632. The predicted molar refractivity (Wildman–Crippen MR) is 85.0 cm³/mol. The molecule has 0 spiro atoms. The minimum absolute atomic E-state index is 0.0393. The zero-order valence-corrected chi connectivity index (χ0v) is 13.5. The number of hydrogen-bond acceptors (Lipinski definition) is 5. The van der Waals surface area contributed by atoms with Crippen LogP contribution in [0.25, 0.3) is 9.40 Å². The number of esters is 1. The van der Waals surface area contributed by atoms with Crippen molar-refractivity contribution in [1.82, 2.24) is 4.90 Å². The van der Waals surface area contributed by atoms with E-state index in [1.54, 1.807) is 16.2 Å². The first-order valence-corrected chi connectivity index (χ1v) is 8.81. The van der Waals surface area contributed by atoms with Crippen LogP contribution in [0.4, 0.5) is 0 Å². The van der Waals surface area contributed by atoms with Gasteiger partial charge in [-0.05, 0) is 37.3 Å². The second-order valence-corrected chi connectivity index (χ2v) is 7.13. The summed E-state index contributed by atoms with van der Waals surface area (Å²) in [5.74, 6) is -0.316. The SMILES string of the molecule is CCOC(=O)[C@H]1CCCN(C(=O)c2cc3sccc3s2)C1. The minimum atomic E-state index is -0.179. The number of nitrogens with zero attached hydrogens (tertiary/aromatic N) is 1. The molecule has 21 heavy (non-hydrogen) atoms. The molecule has 3 heterocycles. The van der Waals surface area contributed by atoms with Gasteiger partial charge in [0.25, 0.3) is 5.91 Å². The molecule has 0 unspecified atom stereocenters. The molecule has 1 amide bonds. The van der Waals surface area contributed by atoms with Crippen LogP contribution in [0.1, 0.15) is 29.4 Å². The van der Waals surface area contributed by atoms with E-state index in [1.807, 2.05) is 24.4 Å². The van der Waals surface area contributed by atoms with Crippen LogP contribution < -0.4 is 0 Å².